The standard InChI is InChI=1S/C18H28N8O9S/c1-18(2,3)34-17(29)23-8-12(26-20-10-19-22-26)6-13(23)9-33-21-15(27)14-5-4-11-7-24(14)16(28)25(11)35-36(30,31)32/h10-14H,4-9H2,1-3H3,(H,21,27)(H,30,31,32)/t11?,12-,13-,14?/m0/s1. The highest BCUT2D eigenvalue weighted by Gasteiger charge is 2.49. The van der Waals surface area contributed by atoms with Crippen LogP contribution in [0.5, 0.6) is 0 Å². The minimum atomic E-state index is -4.89. The van der Waals surface area contributed by atoms with Crippen LogP contribution in [0.25, 0.3) is 0 Å². The van der Waals surface area contributed by atoms with Crippen LogP contribution < -0.4 is 5.48 Å². The molecule has 18 heteroatoms. The average Bonchev–Trinajstić information content (AvgIpc) is 3.48. The fourth-order valence-corrected chi connectivity index (χ4v) is 4.87. The van der Waals surface area contributed by atoms with Gasteiger partial charge >= 0.3 is 22.5 Å². The third-order valence-electron chi connectivity index (χ3n) is 5.96. The molecule has 3 saturated heterocycles. The average molecular weight is 533 g/mol. The first-order valence-electron chi connectivity index (χ1n) is 11.2. The molecule has 200 valence electrons. The number of nitrogens with zero attached hydrogens (tertiary/aromatic N) is 7. The summed E-state index contributed by atoms with van der Waals surface area (Å²) in [6.07, 6.45) is 1.66. The molecule has 4 heterocycles. The molecule has 4 rings (SSSR count). The molecule has 0 saturated carbocycles. The SMILES string of the molecule is CC(C)(C)OC(=O)N1C[C@@H](n2ncnn2)C[C@H]1CONC(=O)C1CCC2CN1C(=O)N2OS(=O)(=O)O. The molecule has 17 nitrogen and oxygen atoms in total. The van der Waals surface area contributed by atoms with E-state index in [1.807, 2.05) is 0 Å². The van der Waals surface area contributed by atoms with E-state index in [1.165, 1.54) is 16.0 Å². The predicted molar refractivity (Wildman–Crippen MR) is 116 cm³/mol. The molecule has 36 heavy (non-hydrogen) atoms. The van der Waals surface area contributed by atoms with Gasteiger partial charge in [0.15, 0.2) is 6.33 Å². The molecule has 1 aromatic rings. The summed E-state index contributed by atoms with van der Waals surface area (Å²) in [6, 6.07) is -3.14. The van der Waals surface area contributed by atoms with Crippen LogP contribution in [0.3, 0.4) is 0 Å². The quantitative estimate of drug-likeness (QED) is 0.330. The van der Waals surface area contributed by atoms with Crippen molar-refractivity contribution >= 4 is 28.4 Å². The lowest BCUT2D eigenvalue weighted by Crippen LogP contribution is -2.50. The van der Waals surface area contributed by atoms with Crippen LogP contribution in [0.1, 0.15) is 46.1 Å². The lowest BCUT2D eigenvalue weighted by Gasteiger charge is -2.30. The Kier molecular flexibility index (Phi) is 7.04. The van der Waals surface area contributed by atoms with E-state index in [1.54, 1.807) is 20.8 Å². The number of hydroxylamine groups is 3. The first-order valence-corrected chi connectivity index (χ1v) is 12.6. The minimum absolute atomic E-state index is 0.0497. The zero-order valence-electron chi connectivity index (χ0n) is 19.9. The molecule has 2 N–H and O–H groups in total. The maximum absolute atomic E-state index is 12.8. The number of likely N-dealkylation sites (tertiary alicyclic amines) is 1. The Morgan fingerprint density at radius 1 is 1.22 bits per heavy atom. The fourth-order valence-electron chi connectivity index (χ4n) is 4.48. The van der Waals surface area contributed by atoms with Crippen molar-refractivity contribution < 1.29 is 41.2 Å². The number of hydrogen-bond donors (Lipinski definition) is 2. The van der Waals surface area contributed by atoms with E-state index in [9.17, 15) is 22.8 Å². The Morgan fingerprint density at radius 3 is 2.61 bits per heavy atom. The number of carbonyl (C=O) groups excluding carboxylic acids is 3. The Labute approximate surface area is 206 Å². The summed E-state index contributed by atoms with van der Waals surface area (Å²) in [5, 5.41) is 12.2. The van der Waals surface area contributed by atoms with Crippen LogP contribution >= 0.6 is 0 Å². The van der Waals surface area contributed by atoms with Crippen LogP contribution in [-0.4, -0.2) is 109 Å². The number of amides is 4. The number of hydrogen-bond acceptors (Lipinski definition) is 11. The zero-order valence-corrected chi connectivity index (χ0v) is 20.7. The van der Waals surface area contributed by atoms with Crippen molar-refractivity contribution in [2.75, 3.05) is 19.7 Å². The maximum atomic E-state index is 12.8. The van der Waals surface area contributed by atoms with Crippen molar-refractivity contribution in [2.24, 2.45) is 0 Å². The van der Waals surface area contributed by atoms with Gasteiger partial charge in [0.05, 0.1) is 24.7 Å². The lowest BCUT2D eigenvalue weighted by molar-refractivity contribution is -0.140. The van der Waals surface area contributed by atoms with Crippen molar-refractivity contribution in [3.63, 3.8) is 0 Å². The van der Waals surface area contributed by atoms with E-state index < -0.39 is 52.2 Å². The highest BCUT2D eigenvalue weighted by Crippen LogP contribution is 2.31. The van der Waals surface area contributed by atoms with E-state index >= 15 is 0 Å². The molecule has 0 spiro atoms. The molecular weight excluding hydrogens is 504 g/mol. The normalized spacial score (nSPS) is 26.4. The number of tetrazole rings is 1. The number of aromatic nitrogens is 4. The third kappa shape index (κ3) is 5.82. The second kappa shape index (κ2) is 9.75. The van der Waals surface area contributed by atoms with Crippen molar-refractivity contribution in [1.29, 1.82) is 0 Å². The van der Waals surface area contributed by atoms with Gasteiger partial charge < -0.3 is 14.5 Å². The van der Waals surface area contributed by atoms with Gasteiger partial charge in [0, 0.05) is 13.1 Å². The van der Waals surface area contributed by atoms with E-state index in [2.05, 4.69) is 25.2 Å². The van der Waals surface area contributed by atoms with Crippen LogP contribution in [-0.2, 0) is 29.1 Å². The van der Waals surface area contributed by atoms with Gasteiger partial charge in [-0.1, -0.05) is 0 Å². The fraction of sp³-hybridized carbons (Fsp3) is 0.778. The molecule has 2 bridgehead atoms. The number of nitrogens with one attached hydrogen (secondary N) is 1. The van der Waals surface area contributed by atoms with Crippen LogP contribution in [0, 0.1) is 0 Å². The summed E-state index contributed by atoms with van der Waals surface area (Å²) < 4.78 is 40.8. The van der Waals surface area contributed by atoms with Gasteiger partial charge in [-0.3, -0.25) is 14.2 Å². The van der Waals surface area contributed by atoms with Crippen molar-refractivity contribution in [2.45, 2.75) is 69.8 Å². The summed E-state index contributed by atoms with van der Waals surface area (Å²) in [6.45, 7) is 5.48. The third-order valence-corrected chi connectivity index (χ3v) is 6.31. The molecule has 0 radical (unpaired) electrons. The monoisotopic (exact) mass is 532 g/mol. The summed E-state index contributed by atoms with van der Waals surface area (Å²) in [5.41, 5.74) is 1.60. The topological polar surface area (TPSA) is 199 Å². The lowest BCUT2D eigenvalue weighted by atomic mass is 10.0. The zero-order chi connectivity index (χ0) is 26.3. The van der Waals surface area contributed by atoms with Crippen molar-refractivity contribution in [3.8, 4) is 0 Å². The highest BCUT2D eigenvalue weighted by atomic mass is 32.3. The highest BCUT2D eigenvalue weighted by molar-refractivity contribution is 7.80. The second-order valence-electron chi connectivity index (χ2n) is 9.72. The number of urea groups is 1. The van der Waals surface area contributed by atoms with E-state index in [4.69, 9.17) is 14.1 Å². The summed E-state index contributed by atoms with van der Waals surface area (Å²) in [5.74, 6) is -0.619. The number of piperidine rings is 1. The molecule has 1 aromatic heterocycles. The second-order valence-corrected chi connectivity index (χ2v) is 10.7. The van der Waals surface area contributed by atoms with Crippen LogP contribution in [0.4, 0.5) is 9.59 Å². The predicted octanol–water partition coefficient (Wildman–Crippen LogP) is -0.726. The number of fused-ring (bicyclic) bond motifs is 2. The number of ether oxygens (including phenoxy) is 1. The smallest absolute Gasteiger partial charge is 0.418 e. The molecule has 0 aliphatic carbocycles. The van der Waals surface area contributed by atoms with Crippen LogP contribution in [0.2, 0.25) is 0 Å². The molecule has 4 amide bonds. The van der Waals surface area contributed by atoms with Gasteiger partial charge in [-0.2, -0.15) is 18.3 Å². The van der Waals surface area contributed by atoms with Gasteiger partial charge in [-0.05, 0) is 45.2 Å². The molecule has 0 aromatic carbocycles. The molecule has 4 atom stereocenters. The molecular formula is C18H28N8O9S. The number of carbonyl (C=O) groups is 3. The Balaban J connectivity index is 1.35. The molecule has 3 fully saturated rings. The van der Waals surface area contributed by atoms with Crippen molar-refractivity contribution in [3.05, 3.63) is 6.33 Å². The largest absolute Gasteiger partial charge is 0.444 e. The van der Waals surface area contributed by atoms with E-state index in [0.717, 1.165) is 4.90 Å². The maximum Gasteiger partial charge on any atom is 0.418 e. The number of rotatable bonds is 7. The Hall–Kier alpha value is -3.09. The van der Waals surface area contributed by atoms with Gasteiger partial charge in [0.1, 0.15) is 11.6 Å². The summed E-state index contributed by atoms with van der Waals surface area (Å²) in [4.78, 5) is 47.5. The minimum Gasteiger partial charge on any atom is -0.444 e. The first-order chi connectivity index (χ1) is 16.8. The van der Waals surface area contributed by atoms with Gasteiger partial charge in [0.2, 0.25) is 0 Å². The summed E-state index contributed by atoms with van der Waals surface area (Å²) in [7, 11) is -4.89. The molecule has 2 unspecified atom stereocenters. The summed E-state index contributed by atoms with van der Waals surface area (Å²) >= 11 is 0. The van der Waals surface area contributed by atoms with Gasteiger partial charge in [0.25, 0.3) is 5.91 Å². The van der Waals surface area contributed by atoms with Gasteiger partial charge in [-0.15, -0.1) is 14.5 Å². The van der Waals surface area contributed by atoms with Gasteiger partial charge in [-0.25, -0.2) is 15.1 Å². The molecule has 3 aliphatic rings. The van der Waals surface area contributed by atoms with Crippen LogP contribution in [0.15, 0.2) is 6.33 Å². The Bertz CT molecular complexity index is 1090. The van der Waals surface area contributed by atoms with E-state index in [-0.39, 0.29) is 38.6 Å². The molecule has 3 aliphatic heterocycles. The van der Waals surface area contributed by atoms with E-state index in [0.29, 0.717) is 11.5 Å². The first kappa shape index (κ1) is 26.0. The Morgan fingerprint density at radius 2 is 1.97 bits per heavy atom. The van der Waals surface area contributed by atoms with Crippen molar-refractivity contribution in [1.82, 2.24) is 40.6 Å².